The summed E-state index contributed by atoms with van der Waals surface area (Å²) in [5.74, 6) is 0. The van der Waals surface area contributed by atoms with Gasteiger partial charge in [-0.3, -0.25) is 4.40 Å². The van der Waals surface area contributed by atoms with Crippen LogP contribution in [-0.2, 0) is 23.6 Å². The summed E-state index contributed by atoms with van der Waals surface area (Å²) in [6, 6.07) is 7.04. The summed E-state index contributed by atoms with van der Waals surface area (Å²) in [5.41, 5.74) is 1.36. The molecule has 0 amide bonds. The molecule has 0 aliphatic rings. The van der Waals surface area contributed by atoms with E-state index in [-0.39, 0.29) is 16.7 Å². The number of sulfonamides is 1. The van der Waals surface area contributed by atoms with E-state index in [1.807, 2.05) is 30.1 Å². The van der Waals surface area contributed by atoms with Crippen molar-refractivity contribution in [1.29, 1.82) is 0 Å². The molecule has 0 radical (unpaired) electrons. The highest BCUT2D eigenvalue weighted by molar-refractivity contribution is 7.89. The maximum absolute atomic E-state index is 12.4. The van der Waals surface area contributed by atoms with Crippen molar-refractivity contribution in [2.75, 3.05) is 0 Å². The van der Waals surface area contributed by atoms with Crippen molar-refractivity contribution < 1.29 is 8.42 Å². The topological polar surface area (TPSA) is 68.4 Å². The number of pyridine rings is 1. The molecule has 0 aliphatic carbocycles. The molecule has 1 N–H and O–H groups in total. The Hall–Kier alpha value is -1.83. The first-order chi connectivity index (χ1) is 9.97. The molecule has 0 fully saturated rings. The first-order valence-electron chi connectivity index (χ1n) is 6.20. The molecule has 0 aliphatic heterocycles. The Balaban J connectivity index is 1.95. The van der Waals surface area contributed by atoms with Gasteiger partial charge in [0.25, 0.3) is 10.0 Å². The lowest BCUT2D eigenvalue weighted by molar-refractivity contribution is 0.576. The minimum absolute atomic E-state index is 0.0400. The minimum atomic E-state index is -3.75. The zero-order valence-corrected chi connectivity index (χ0v) is 12.8. The fourth-order valence-corrected chi connectivity index (χ4v) is 3.75. The van der Waals surface area contributed by atoms with Gasteiger partial charge in [-0.25, -0.2) is 18.1 Å². The Labute approximate surface area is 127 Å². The number of nitrogens with one attached hydrogen (secondary N) is 1. The predicted molar refractivity (Wildman–Crippen MR) is 79.6 cm³/mol. The molecule has 3 heterocycles. The van der Waals surface area contributed by atoms with Crippen LogP contribution in [0.25, 0.3) is 5.65 Å². The highest BCUT2D eigenvalue weighted by Crippen LogP contribution is 2.22. The minimum Gasteiger partial charge on any atom is -0.357 e. The Kier molecular flexibility index (Phi) is 3.48. The monoisotopic (exact) mass is 324 g/mol. The number of hydrogen-bond donors (Lipinski definition) is 1. The maximum Gasteiger partial charge on any atom is 0.260 e. The molecule has 0 spiro atoms. The number of halogens is 1. The molecule has 0 bridgehead atoms. The molecular weight excluding hydrogens is 312 g/mol. The Bertz CT molecular complexity index is 898. The lowest BCUT2D eigenvalue weighted by Crippen LogP contribution is -2.24. The van der Waals surface area contributed by atoms with Crippen molar-refractivity contribution in [1.82, 2.24) is 18.7 Å². The van der Waals surface area contributed by atoms with Crippen molar-refractivity contribution in [2.45, 2.75) is 11.6 Å². The summed E-state index contributed by atoms with van der Waals surface area (Å²) in [5, 5.41) is -0.0857. The van der Waals surface area contributed by atoms with Gasteiger partial charge in [0.05, 0.1) is 0 Å². The second-order valence-corrected chi connectivity index (χ2v) is 6.69. The van der Waals surface area contributed by atoms with Crippen LogP contribution in [0.5, 0.6) is 0 Å². The largest absolute Gasteiger partial charge is 0.357 e. The number of aryl methyl sites for hydroxylation is 1. The van der Waals surface area contributed by atoms with Crippen LogP contribution < -0.4 is 4.72 Å². The summed E-state index contributed by atoms with van der Waals surface area (Å²) < 4.78 is 30.7. The van der Waals surface area contributed by atoms with Gasteiger partial charge in [-0.05, 0) is 23.8 Å². The first-order valence-corrected chi connectivity index (χ1v) is 8.06. The summed E-state index contributed by atoms with van der Waals surface area (Å²) in [4.78, 5) is 4.04. The number of aromatic nitrogens is 3. The summed E-state index contributed by atoms with van der Waals surface area (Å²) >= 11 is 5.98. The second kappa shape index (κ2) is 5.18. The first kappa shape index (κ1) is 14.1. The molecule has 8 heteroatoms. The van der Waals surface area contributed by atoms with Crippen LogP contribution in [0.1, 0.15) is 5.56 Å². The number of rotatable bonds is 4. The standard InChI is InChI=1S/C13H13ClN4O2S/c1-17-7-5-10(9-17)8-15-21(19,20)13-12(14)16-11-4-2-3-6-18(11)13/h2-7,9,15H,8H2,1H3. The summed E-state index contributed by atoms with van der Waals surface area (Å²) in [6.07, 6.45) is 5.31. The van der Waals surface area contributed by atoms with Crippen LogP contribution >= 0.6 is 11.6 Å². The lowest BCUT2D eigenvalue weighted by atomic mass is 10.4. The lowest BCUT2D eigenvalue weighted by Gasteiger charge is -2.06. The van der Waals surface area contributed by atoms with E-state index in [4.69, 9.17) is 11.6 Å². The fourth-order valence-electron chi connectivity index (χ4n) is 2.10. The Morgan fingerprint density at radius 1 is 1.29 bits per heavy atom. The maximum atomic E-state index is 12.4. The van der Waals surface area contributed by atoms with E-state index in [1.165, 1.54) is 4.40 Å². The molecule has 6 nitrogen and oxygen atoms in total. The van der Waals surface area contributed by atoms with E-state index in [2.05, 4.69) is 9.71 Å². The number of nitrogens with zero attached hydrogens (tertiary/aromatic N) is 3. The van der Waals surface area contributed by atoms with Crippen LogP contribution in [0.15, 0.2) is 47.9 Å². The molecule has 21 heavy (non-hydrogen) atoms. The van der Waals surface area contributed by atoms with E-state index in [9.17, 15) is 8.42 Å². The normalized spacial score (nSPS) is 12.1. The van der Waals surface area contributed by atoms with Crippen LogP contribution in [0.3, 0.4) is 0 Å². The van der Waals surface area contributed by atoms with Crippen molar-refractivity contribution in [2.24, 2.45) is 7.05 Å². The van der Waals surface area contributed by atoms with Gasteiger partial charge in [-0.2, -0.15) is 0 Å². The average Bonchev–Trinajstić information content (AvgIpc) is 2.99. The van der Waals surface area contributed by atoms with Gasteiger partial charge in [-0.1, -0.05) is 17.7 Å². The zero-order valence-electron chi connectivity index (χ0n) is 11.2. The van der Waals surface area contributed by atoms with Gasteiger partial charge in [-0.15, -0.1) is 0 Å². The molecule has 0 unspecified atom stereocenters. The third-order valence-electron chi connectivity index (χ3n) is 3.06. The van der Waals surface area contributed by atoms with Crippen LogP contribution in [0.4, 0.5) is 0 Å². The summed E-state index contributed by atoms with van der Waals surface area (Å²) in [7, 11) is -1.88. The predicted octanol–water partition coefficient (Wildman–Crippen LogP) is 1.80. The van der Waals surface area contributed by atoms with E-state index in [0.29, 0.717) is 5.65 Å². The SMILES string of the molecule is Cn1ccc(CNS(=O)(=O)c2c(Cl)nc3ccccn23)c1. The second-order valence-electron chi connectivity index (χ2n) is 4.65. The van der Waals surface area contributed by atoms with E-state index < -0.39 is 10.0 Å². The highest BCUT2D eigenvalue weighted by atomic mass is 35.5. The van der Waals surface area contributed by atoms with Gasteiger partial charge >= 0.3 is 0 Å². The van der Waals surface area contributed by atoms with Crippen LogP contribution in [-0.4, -0.2) is 22.4 Å². The summed E-state index contributed by atoms with van der Waals surface area (Å²) in [6.45, 7) is 0.194. The van der Waals surface area contributed by atoms with Crippen molar-refractivity contribution in [3.63, 3.8) is 0 Å². The number of hydrogen-bond acceptors (Lipinski definition) is 3. The molecular formula is C13H13ClN4O2S. The highest BCUT2D eigenvalue weighted by Gasteiger charge is 2.23. The molecule has 110 valence electrons. The molecule has 3 rings (SSSR count). The van der Waals surface area contributed by atoms with Crippen molar-refractivity contribution in [3.05, 3.63) is 53.6 Å². The van der Waals surface area contributed by atoms with Crippen molar-refractivity contribution >= 4 is 27.3 Å². The van der Waals surface area contributed by atoms with Gasteiger partial charge in [0.2, 0.25) is 0 Å². The number of imidazole rings is 1. The molecule has 0 atom stereocenters. The third-order valence-corrected chi connectivity index (χ3v) is 4.86. The van der Waals surface area contributed by atoms with E-state index >= 15 is 0 Å². The van der Waals surface area contributed by atoms with Gasteiger partial charge in [0.1, 0.15) is 5.65 Å². The Morgan fingerprint density at radius 3 is 2.81 bits per heavy atom. The quantitative estimate of drug-likeness (QED) is 0.795. The average molecular weight is 325 g/mol. The third kappa shape index (κ3) is 2.67. The molecule has 3 aromatic rings. The Morgan fingerprint density at radius 2 is 2.10 bits per heavy atom. The van der Waals surface area contributed by atoms with Gasteiger partial charge < -0.3 is 4.57 Å². The smallest absolute Gasteiger partial charge is 0.260 e. The fraction of sp³-hybridized carbons (Fsp3) is 0.154. The number of fused-ring (bicyclic) bond motifs is 1. The van der Waals surface area contributed by atoms with Crippen LogP contribution in [0, 0.1) is 0 Å². The van der Waals surface area contributed by atoms with E-state index in [0.717, 1.165) is 5.56 Å². The zero-order chi connectivity index (χ0) is 15.0. The van der Waals surface area contributed by atoms with Gasteiger partial charge in [0.15, 0.2) is 10.2 Å². The molecule has 0 aromatic carbocycles. The molecule has 0 saturated carbocycles. The van der Waals surface area contributed by atoms with Crippen LogP contribution in [0.2, 0.25) is 5.15 Å². The van der Waals surface area contributed by atoms with Crippen molar-refractivity contribution in [3.8, 4) is 0 Å². The molecule has 0 saturated heterocycles. The van der Waals surface area contributed by atoms with E-state index in [1.54, 1.807) is 24.4 Å². The molecule has 3 aromatic heterocycles. The van der Waals surface area contributed by atoms with Gasteiger partial charge in [0, 0.05) is 32.2 Å².